The minimum atomic E-state index is -0.432. The number of aryl methyl sites for hydroxylation is 1. The van der Waals surface area contributed by atoms with E-state index in [4.69, 9.17) is 0 Å². The molecule has 2 aromatic rings. The largest absolute Gasteiger partial charge is 0.355 e. The molecule has 2 aromatic heterocycles. The summed E-state index contributed by atoms with van der Waals surface area (Å²) in [5.41, 5.74) is 0.115. The Hall–Kier alpha value is -2.71. The van der Waals surface area contributed by atoms with E-state index in [-0.39, 0.29) is 24.6 Å². The van der Waals surface area contributed by atoms with Crippen molar-refractivity contribution in [2.24, 2.45) is 7.05 Å². The highest BCUT2D eigenvalue weighted by Crippen LogP contribution is 2.02. The number of nitrogens with one attached hydrogen (secondary N) is 2. The number of nitrogens with zero attached hydrogens (tertiary/aromatic N) is 4. The van der Waals surface area contributed by atoms with Crippen molar-refractivity contribution in [3.8, 4) is 0 Å². The minimum Gasteiger partial charge on any atom is -0.355 e. The van der Waals surface area contributed by atoms with Crippen molar-refractivity contribution in [3.63, 3.8) is 0 Å². The molecule has 0 aliphatic rings. The molecule has 0 aromatic carbocycles. The monoisotopic (exact) mass is 306 g/mol. The number of carbonyl (C=O) groups excluding carboxylic acids is 2. The molecular formula is C13H18N6O3. The Morgan fingerprint density at radius 1 is 1.27 bits per heavy atom. The highest BCUT2D eigenvalue weighted by atomic mass is 16.2. The topological polar surface area (TPSA) is 111 Å². The molecule has 0 saturated carbocycles. The Morgan fingerprint density at radius 3 is 2.77 bits per heavy atom. The van der Waals surface area contributed by atoms with E-state index in [2.05, 4.69) is 20.7 Å². The van der Waals surface area contributed by atoms with E-state index in [0.717, 1.165) is 6.42 Å². The molecule has 0 spiro atoms. The van der Waals surface area contributed by atoms with Gasteiger partial charge in [-0.05, 0) is 6.42 Å². The average Bonchev–Trinajstić information content (AvgIpc) is 2.88. The first-order valence-corrected chi connectivity index (χ1v) is 6.93. The predicted octanol–water partition coefficient (Wildman–Crippen LogP) is -1.23. The molecule has 0 aliphatic carbocycles. The second-order valence-corrected chi connectivity index (χ2v) is 4.81. The molecule has 0 bridgehead atoms. The molecular weight excluding hydrogens is 288 g/mol. The van der Waals surface area contributed by atoms with Crippen molar-refractivity contribution in [1.29, 1.82) is 0 Å². The van der Waals surface area contributed by atoms with Crippen LogP contribution >= 0.6 is 0 Å². The van der Waals surface area contributed by atoms with Crippen LogP contribution in [0.15, 0.2) is 17.3 Å². The minimum absolute atomic E-state index is 0.115. The van der Waals surface area contributed by atoms with E-state index >= 15 is 0 Å². The third-order valence-corrected chi connectivity index (χ3v) is 3.05. The normalized spacial score (nSPS) is 10.6. The molecule has 2 amide bonds. The predicted molar refractivity (Wildman–Crippen MR) is 79.1 cm³/mol. The maximum Gasteiger partial charge on any atom is 0.264 e. The molecule has 2 heterocycles. The molecule has 9 heteroatoms. The van der Waals surface area contributed by atoms with E-state index in [0.29, 0.717) is 17.6 Å². The Balaban J connectivity index is 1.99. The lowest BCUT2D eigenvalue weighted by Crippen LogP contribution is -2.39. The first-order chi connectivity index (χ1) is 10.5. The quantitative estimate of drug-likeness (QED) is 0.694. The van der Waals surface area contributed by atoms with Crippen LogP contribution < -0.4 is 16.2 Å². The zero-order chi connectivity index (χ0) is 16.1. The van der Waals surface area contributed by atoms with E-state index in [1.165, 1.54) is 21.8 Å². The van der Waals surface area contributed by atoms with E-state index < -0.39 is 5.91 Å². The lowest BCUT2D eigenvalue weighted by atomic mass is 10.4. The first-order valence-electron chi connectivity index (χ1n) is 6.93. The number of aromatic nitrogens is 4. The highest BCUT2D eigenvalue weighted by Gasteiger charge is 2.11. The summed E-state index contributed by atoms with van der Waals surface area (Å²) in [5, 5.41) is 9.40. The van der Waals surface area contributed by atoms with Gasteiger partial charge in [-0.15, -0.1) is 0 Å². The second-order valence-electron chi connectivity index (χ2n) is 4.81. The van der Waals surface area contributed by atoms with Crippen LogP contribution in [0, 0.1) is 0 Å². The van der Waals surface area contributed by atoms with E-state index in [1.54, 1.807) is 7.05 Å². The van der Waals surface area contributed by atoms with Crippen molar-refractivity contribution in [2.75, 3.05) is 13.1 Å². The van der Waals surface area contributed by atoms with Crippen molar-refractivity contribution in [1.82, 2.24) is 30.0 Å². The summed E-state index contributed by atoms with van der Waals surface area (Å²) in [6.07, 6.45) is 3.53. The fourth-order valence-electron chi connectivity index (χ4n) is 1.90. The van der Waals surface area contributed by atoms with Crippen molar-refractivity contribution < 1.29 is 9.59 Å². The summed E-state index contributed by atoms with van der Waals surface area (Å²) in [6, 6.07) is 0. The summed E-state index contributed by atoms with van der Waals surface area (Å²) in [7, 11) is 1.68. The van der Waals surface area contributed by atoms with Gasteiger partial charge in [0.2, 0.25) is 11.8 Å². The Labute approximate surface area is 126 Å². The van der Waals surface area contributed by atoms with Crippen LogP contribution in [-0.4, -0.2) is 44.2 Å². The van der Waals surface area contributed by atoms with Gasteiger partial charge < -0.3 is 10.6 Å². The molecule has 22 heavy (non-hydrogen) atoms. The van der Waals surface area contributed by atoms with Gasteiger partial charge in [0.25, 0.3) is 5.56 Å². The molecule has 2 N–H and O–H groups in total. The Bertz CT molecular complexity index is 748. The Kier molecular flexibility index (Phi) is 4.87. The fourth-order valence-corrected chi connectivity index (χ4v) is 1.90. The zero-order valence-electron chi connectivity index (χ0n) is 12.5. The van der Waals surface area contributed by atoms with Gasteiger partial charge in [0, 0.05) is 13.6 Å². The van der Waals surface area contributed by atoms with Crippen LogP contribution in [0.1, 0.15) is 13.3 Å². The van der Waals surface area contributed by atoms with Crippen LogP contribution in [0.4, 0.5) is 0 Å². The molecule has 0 fully saturated rings. The Morgan fingerprint density at radius 2 is 2.05 bits per heavy atom. The number of carbonyl (C=O) groups is 2. The van der Waals surface area contributed by atoms with Gasteiger partial charge in [0.1, 0.15) is 18.3 Å². The summed E-state index contributed by atoms with van der Waals surface area (Å²) in [4.78, 5) is 39.4. The van der Waals surface area contributed by atoms with Gasteiger partial charge >= 0.3 is 0 Å². The van der Waals surface area contributed by atoms with Gasteiger partial charge in [-0.3, -0.25) is 23.6 Å². The highest BCUT2D eigenvalue weighted by molar-refractivity contribution is 5.84. The number of hydrogen-bond acceptors (Lipinski definition) is 5. The van der Waals surface area contributed by atoms with E-state index in [9.17, 15) is 14.4 Å². The number of rotatable bonds is 6. The molecule has 0 radical (unpaired) electrons. The lowest BCUT2D eigenvalue weighted by molar-refractivity contribution is -0.126. The maximum atomic E-state index is 12.2. The summed E-state index contributed by atoms with van der Waals surface area (Å²) < 4.78 is 2.67. The number of hydrogen-bond donors (Lipinski definition) is 2. The van der Waals surface area contributed by atoms with Crippen molar-refractivity contribution >= 4 is 22.8 Å². The van der Waals surface area contributed by atoms with Gasteiger partial charge in [-0.25, -0.2) is 4.98 Å². The van der Waals surface area contributed by atoms with Crippen LogP contribution in [-0.2, 0) is 23.2 Å². The van der Waals surface area contributed by atoms with Crippen LogP contribution in [0.25, 0.3) is 11.0 Å². The number of amides is 2. The molecule has 0 atom stereocenters. The SMILES string of the molecule is CCCNC(=O)CNC(=O)Cn1cnc2c(cnn2C)c1=O. The van der Waals surface area contributed by atoms with Crippen LogP contribution in [0.5, 0.6) is 0 Å². The van der Waals surface area contributed by atoms with Crippen molar-refractivity contribution in [2.45, 2.75) is 19.9 Å². The van der Waals surface area contributed by atoms with Crippen molar-refractivity contribution in [3.05, 3.63) is 22.9 Å². The molecule has 2 rings (SSSR count). The molecule has 0 saturated heterocycles. The van der Waals surface area contributed by atoms with Crippen LogP contribution in [0.3, 0.4) is 0 Å². The van der Waals surface area contributed by atoms with Crippen LogP contribution in [0.2, 0.25) is 0 Å². The zero-order valence-corrected chi connectivity index (χ0v) is 12.5. The smallest absolute Gasteiger partial charge is 0.264 e. The lowest BCUT2D eigenvalue weighted by Gasteiger charge is -2.07. The van der Waals surface area contributed by atoms with Gasteiger partial charge in [0.15, 0.2) is 5.65 Å². The summed E-state index contributed by atoms with van der Waals surface area (Å²) >= 11 is 0. The fraction of sp³-hybridized carbons (Fsp3) is 0.462. The third kappa shape index (κ3) is 3.48. The van der Waals surface area contributed by atoms with Gasteiger partial charge in [-0.1, -0.05) is 6.92 Å². The average molecular weight is 306 g/mol. The molecule has 0 unspecified atom stereocenters. The summed E-state index contributed by atoms with van der Waals surface area (Å²) in [6.45, 7) is 2.19. The molecule has 118 valence electrons. The first kappa shape index (κ1) is 15.7. The summed E-state index contributed by atoms with van der Waals surface area (Å²) in [5.74, 6) is -0.692. The molecule has 9 nitrogen and oxygen atoms in total. The van der Waals surface area contributed by atoms with Gasteiger partial charge in [0.05, 0.1) is 12.7 Å². The van der Waals surface area contributed by atoms with Gasteiger partial charge in [-0.2, -0.15) is 5.10 Å². The second kappa shape index (κ2) is 6.83. The maximum absolute atomic E-state index is 12.2. The molecule has 0 aliphatic heterocycles. The van der Waals surface area contributed by atoms with E-state index in [1.807, 2.05) is 6.92 Å². The number of fused-ring (bicyclic) bond motifs is 1. The standard InChI is InChI=1S/C13H18N6O3/c1-3-4-14-10(20)6-15-11(21)7-19-8-16-12-9(13(19)22)5-17-18(12)2/h5,8H,3-4,6-7H2,1-2H3,(H,14,20)(H,15,21). The third-order valence-electron chi connectivity index (χ3n) is 3.05.